The average molecular weight is 418 g/mol. The number of H-pyrrole nitrogens is 1. The molecule has 0 saturated carbocycles. The second-order valence-corrected chi connectivity index (χ2v) is 9.05. The Labute approximate surface area is 183 Å². The lowest BCUT2D eigenvalue weighted by Crippen LogP contribution is -2.42. The third-order valence-electron chi connectivity index (χ3n) is 6.88. The van der Waals surface area contributed by atoms with Crippen molar-refractivity contribution in [2.45, 2.75) is 45.1 Å². The van der Waals surface area contributed by atoms with E-state index in [-0.39, 0.29) is 17.7 Å². The molecule has 0 aliphatic carbocycles. The fraction of sp³-hybridized carbons (Fsp3) is 0.423. The largest absolute Gasteiger partial charge is 0.508 e. The van der Waals surface area contributed by atoms with Crippen molar-refractivity contribution in [3.05, 3.63) is 64.8 Å². The highest BCUT2D eigenvalue weighted by Gasteiger charge is 2.34. The maximum atomic E-state index is 13.4. The monoisotopic (exact) mass is 417 g/mol. The number of carbonyl (C=O) groups is 1. The minimum atomic E-state index is -0.197. The molecule has 1 atom stereocenters. The topological polar surface area (TPSA) is 59.6 Å². The number of nitrogens with zero attached hydrogens (tertiary/aromatic N) is 2. The summed E-state index contributed by atoms with van der Waals surface area (Å²) in [6.45, 7) is 5.86. The Bertz CT molecular complexity index is 1100. The molecule has 1 unspecified atom stereocenters. The minimum Gasteiger partial charge on any atom is -0.508 e. The number of likely N-dealkylation sites (tertiary alicyclic amines) is 1. The van der Waals surface area contributed by atoms with Gasteiger partial charge in [0.1, 0.15) is 5.75 Å². The maximum Gasteiger partial charge on any atom is 0.224 e. The third-order valence-corrected chi connectivity index (χ3v) is 6.88. The van der Waals surface area contributed by atoms with Crippen molar-refractivity contribution in [2.75, 3.05) is 26.2 Å². The van der Waals surface area contributed by atoms with Crippen molar-refractivity contribution < 1.29 is 9.90 Å². The van der Waals surface area contributed by atoms with Crippen LogP contribution in [0.15, 0.2) is 42.5 Å². The van der Waals surface area contributed by atoms with Crippen molar-refractivity contribution >= 4 is 16.8 Å². The Balaban J connectivity index is 1.49. The predicted molar refractivity (Wildman–Crippen MR) is 123 cm³/mol. The summed E-state index contributed by atoms with van der Waals surface area (Å²) in [5.74, 6) is 0.427. The number of rotatable bonds is 4. The number of aromatic amines is 1. The summed E-state index contributed by atoms with van der Waals surface area (Å²) in [4.78, 5) is 21.5. The van der Waals surface area contributed by atoms with Crippen LogP contribution in [-0.2, 0) is 11.2 Å². The van der Waals surface area contributed by atoms with E-state index in [1.54, 1.807) is 12.1 Å². The summed E-state index contributed by atoms with van der Waals surface area (Å²) in [6, 6.07) is 13.6. The highest BCUT2D eigenvalue weighted by Crippen LogP contribution is 2.39. The van der Waals surface area contributed by atoms with Gasteiger partial charge in [0.15, 0.2) is 0 Å². The lowest BCUT2D eigenvalue weighted by Gasteiger charge is -2.37. The fourth-order valence-electron chi connectivity index (χ4n) is 5.29. The van der Waals surface area contributed by atoms with Crippen molar-refractivity contribution in [1.29, 1.82) is 0 Å². The molecule has 1 aromatic heterocycles. The predicted octanol–water partition coefficient (Wildman–Crippen LogP) is 4.53. The van der Waals surface area contributed by atoms with E-state index in [1.807, 2.05) is 17.0 Å². The normalized spacial score (nSPS) is 19.5. The zero-order chi connectivity index (χ0) is 21.4. The highest BCUT2D eigenvalue weighted by molar-refractivity contribution is 5.87. The second kappa shape index (κ2) is 8.39. The number of fused-ring (bicyclic) bond motifs is 3. The Kier molecular flexibility index (Phi) is 5.45. The van der Waals surface area contributed by atoms with Crippen LogP contribution in [0.2, 0.25) is 0 Å². The van der Waals surface area contributed by atoms with Gasteiger partial charge >= 0.3 is 0 Å². The minimum absolute atomic E-state index is 0.194. The molecule has 3 heterocycles. The maximum absolute atomic E-state index is 13.4. The first-order valence-corrected chi connectivity index (χ1v) is 11.5. The zero-order valence-electron chi connectivity index (χ0n) is 18.2. The van der Waals surface area contributed by atoms with Gasteiger partial charge in [-0.05, 0) is 74.7 Å². The highest BCUT2D eigenvalue weighted by atomic mass is 16.3. The SMILES string of the molecule is Cc1ccc2[nH]c3c(c2c1)CCN(C(=O)CCN1CCCCC1)C3c1cccc(O)c1. The molecule has 1 saturated heterocycles. The van der Waals surface area contributed by atoms with Crippen molar-refractivity contribution in [3.63, 3.8) is 0 Å². The van der Waals surface area contributed by atoms with E-state index in [2.05, 4.69) is 35.0 Å². The van der Waals surface area contributed by atoms with Gasteiger partial charge < -0.3 is 19.9 Å². The van der Waals surface area contributed by atoms with E-state index in [1.165, 1.54) is 35.8 Å². The number of aromatic nitrogens is 1. The van der Waals surface area contributed by atoms with Crippen LogP contribution in [0.4, 0.5) is 0 Å². The van der Waals surface area contributed by atoms with Crippen LogP contribution < -0.4 is 0 Å². The number of aryl methyl sites for hydroxylation is 1. The molecule has 0 radical (unpaired) electrons. The fourth-order valence-corrected chi connectivity index (χ4v) is 5.29. The Hall–Kier alpha value is -2.79. The molecule has 1 amide bonds. The lowest BCUT2D eigenvalue weighted by atomic mass is 9.91. The van der Waals surface area contributed by atoms with Gasteiger partial charge in [-0.25, -0.2) is 0 Å². The van der Waals surface area contributed by atoms with Gasteiger partial charge in [0.2, 0.25) is 5.91 Å². The molecule has 2 aliphatic rings. The first-order valence-electron chi connectivity index (χ1n) is 11.5. The van der Waals surface area contributed by atoms with Crippen LogP contribution >= 0.6 is 0 Å². The Morgan fingerprint density at radius 1 is 1.10 bits per heavy atom. The van der Waals surface area contributed by atoms with Crippen LogP contribution in [0.1, 0.15) is 54.1 Å². The first kappa shape index (κ1) is 20.1. The van der Waals surface area contributed by atoms with Crippen LogP contribution in [0.3, 0.4) is 0 Å². The number of amides is 1. The molecular weight excluding hydrogens is 386 g/mol. The molecule has 0 spiro atoms. The van der Waals surface area contributed by atoms with E-state index < -0.39 is 0 Å². The van der Waals surface area contributed by atoms with Gasteiger partial charge in [0.25, 0.3) is 0 Å². The van der Waals surface area contributed by atoms with Crippen LogP contribution in [0, 0.1) is 6.92 Å². The van der Waals surface area contributed by atoms with Crippen LogP contribution in [0.25, 0.3) is 10.9 Å². The lowest BCUT2D eigenvalue weighted by molar-refractivity contribution is -0.133. The first-order chi connectivity index (χ1) is 15.1. The van der Waals surface area contributed by atoms with Crippen molar-refractivity contribution in [3.8, 4) is 5.75 Å². The number of hydrogen-bond donors (Lipinski definition) is 2. The number of nitrogens with one attached hydrogen (secondary N) is 1. The number of hydrogen-bond acceptors (Lipinski definition) is 3. The molecule has 5 heteroatoms. The Morgan fingerprint density at radius 3 is 2.74 bits per heavy atom. The summed E-state index contributed by atoms with van der Waals surface area (Å²) < 4.78 is 0. The van der Waals surface area contributed by atoms with E-state index >= 15 is 0 Å². The van der Waals surface area contributed by atoms with Crippen molar-refractivity contribution in [2.24, 2.45) is 0 Å². The summed E-state index contributed by atoms with van der Waals surface area (Å²) in [6.07, 6.45) is 5.18. The number of aromatic hydroxyl groups is 1. The van der Waals surface area contributed by atoms with E-state index in [0.29, 0.717) is 13.0 Å². The van der Waals surface area contributed by atoms with Gasteiger partial charge in [-0.1, -0.05) is 30.2 Å². The smallest absolute Gasteiger partial charge is 0.224 e. The van der Waals surface area contributed by atoms with Gasteiger partial charge in [0.05, 0.1) is 6.04 Å². The van der Waals surface area contributed by atoms with Gasteiger partial charge in [-0.2, -0.15) is 0 Å². The molecule has 2 aromatic carbocycles. The number of benzene rings is 2. The molecule has 0 bridgehead atoms. The molecule has 162 valence electrons. The van der Waals surface area contributed by atoms with E-state index in [4.69, 9.17) is 0 Å². The summed E-state index contributed by atoms with van der Waals surface area (Å²) in [5, 5.41) is 11.4. The summed E-state index contributed by atoms with van der Waals surface area (Å²) >= 11 is 0. The van der Waals surface area contributed by atoms with Gasteiger partial charge in [-0.15, -0.1) is 0 Å². The standard InChI is InChI=1S/C26H31N3O2/c1-18-8-9-23-22(16-18)21-10-15-29(24(31)11-14-28-12-3-2-4-13-28)26(25(21)27-23)19-6-5-7-20(30)17-19/h5-9,16-17,26-27,30H,2-4,10-15H2,1H3. The molecule has 5 nitrogen and oxygen atoms in total. The Morgan fingerprint density at radius 2 is 1.94 bits per heavy atom. The van der Waals surface area contributed by atoms with E-state index in [9.17, 15) is 9.90 Å². The molecule has 3 aromatic rings. The molecule has 1 fully saturated rings. The molecule has 5 rings (SSSR count). The molecule has 2 aliphatic heterocycles. The average Bonchev–Trinajstić information content (AvgIpc) is 3.15. The van der Waals surface area contributed by atoms with Gasteiger partial charge in [-0.3, -0.25) is 4.79 Å². The third kappa shape index (κ3) is 3.94. The quantitative estimate of drug-likeness (QED) is 0.656. The summed E-state index contributed by atoms with van der Waals surface area (Å²) in [7, 11) is 0. The number of piperidine rings is 1. The van der Waals surface area contributed by atoms with Crippen LogP contribution in [-0.4, -0.2) is 52.0 Å². The number of phenolic OH excluding ortho intramolecular Hbond substituents is 1. The molecular formula is C26H31N3O2. The second-order valence-electron chi connectivity index (χ2n) is 9.05. The molecule has 31 heavy (non-hydrogen) atoms. The number of phenols is 1. The van der Waals surface area contributed by atoms with Crippen molar-refractivity contribution in [1.82, 2.24) is 14.8 Å². The zero-order valence-corrected chi connectivity index (χ0v) is 18.2. The number of carbonyl (C=O) groups excluding carboxylic acids is 1. The summed E-state index contributed by atoms with van der Waals surface area (Å²) in [5.41, 5.74) is 5.69. The van der Waals surface area contributed by atoms with E-state index in [0.717, 1.165) is 42.8 Å². The van der Waals surface area contributed by atoms with Gasteiger partial charge in [0, 0.05) is 36.1 Å². The van der Waals surface area contributed by atoms with Crippen LogP contribution in [0.5, 0.6) is 5.75 Å². The molecule has 2 N–H and O–H groups in total.